The summed E-state index contributed by atoms with van der Waals surface area (Å²) in [6, 6.07) is 9.22. The van der Waals surface area contributed by atoms with Crippen molar-refractivity contribution in [1.82, 2.24) is 20.0 Å². The molecule has 6 heteroatoms. The number of hydrogen-bond acceptors (Lipinski definition) is 4. The SMILES string of the molecule is O=C(NCc1ccno1)c1cccc(Cn2ccnc2)c1. The molecule has 1 N–H and O–H groups in total. The number of benzene rings is 1. The highest BCUT2D eigenvalue weighted by Gasteiger charge is 2.07. The predicted molar refractivity (Wildman–Crippen MR) is 75.4 cm³/mol. The van der Waals surface area contributed by atoms with Crippen molar-refractivity contribution in [2.24, 2.45) is 0 Å². The monoisotopic (exact) mass is 282 g/mol. The molecule has 6 nitrogen and oxygen atoms in total. The van der Waals surface area contributed by atoms with Crippen LogP contribution in [0, 0.1) is 0 Å². The molecule has 0 atom stereocenters. The van der Waals surface area contributed by atoms with Crippen LogP contribution in [-0.2, 0) is 13.1 Å². The van der Waals surface area contributed by atoms with Crippen molar-refractivity contribution in [3.8, 4) is 0 Å². The largest absolute Gasteiger partial charge is 0.360 e. The fourth-order valence-electron chi connectivity index (χ4n) is 2.00. The Kier molecular flexibility index (Phi) is 3.77. The van der Waals surface area contributed by atoms with Crippen LogP contribution in [0.1, 0.15) is 21.7 Å². The van der Waals surface area contributed by atoms with E-state index in [1.807, 2.05) is 29.0 Å². The average molecular weight is 282 g/mol. The first-order valence-corrected chi connectivity index (χ1v) is 6.54. The number of hydrogen-bond donors (Lipinski definition) is 1. The van der Waals surface area contributed by atoms with Crippen LogP contribution in [-0.4, -0.2) is 20.6 Å². The highest BCUT2D eigenvalue weighted by atomic mass is 16.5. The Morgan fingerprint density at radius 3 is 3.00 bits per heavy atom. The second kappa shape index (κ2) is 6.04. The molecule has 0 unspecified atom stereocenters. The summed E-state index contributed by atoms with van der Waals surface area (Å²) in [5.41, 5.74) is 1.66. The molecule has 0 saturated carbocycles. The van der Waals surface area contributed by atoms with Crippen molar-refractivity contribution < 1.29 is 9.32 Å². The molecule has 0 saturated heterocycles. The van der Waals surface area contributed by atoms with E-state index in [1.165, 1.54) is 0 Å². The first-order chi connectivity index (χ1) is 10.3. The summed E-state index contributed by atoms with van der Waals surface area (Å²) in [5.74, 6) is 0.483. The highest BCUT2D eigenvalue weighted by molar-refractivity contribution is 5.94. The van der Waals surface area contributed by atoms with Gasteiger partial charge in [0.1, 0.15) is 0 Å². The van der Waals surface area contributed by atoms with Gasteiger partial charge in [-0.15, -0.1) is 0 Å². The fourth-order valence-corrected chi connectivity index (χ4v) is 2.00. The summed E-state index contributed by atoms with van der Waals surface area (Å²) in [7, 11) is 0. The number of carbonyl (C=O) groups excluding carboxylic acids is 1. The molecule has 0 fully saturated rings. The Balaban J connectivity index is 1.65. The molecule has 0 bridgehead atoms. The van der Waals surface area contributed by atoms with E-state index >= 15 is 0 Å². The van der Waals surface area contributed by atoms with E-state index in [-0.39, 0.29) is 5.91 Å². The topological polar surface area (TPSA) is 73.0 Å². The Morgan fingerprint density at radius 2 is 2.24 bits per heavy atom. The van der Waals surface area contributed by atoms with Gasteiger partial charge in [-0.2, -0.15) is 0 Å². The number of aromatic nitrogens is 3. The predicted octanol–water partition coefficient (Wildman–Crippen LogP) is 1.85. The number of amides is 1. The van der Waals surface area contributed by atoms with Crippen LogP contribution in [0.2, 0.25) is 0 Å². The number of carbonyl (C=O) groups is 1. The van der Waals surface area contributed by atoms with E-state index in [1.54, 1.807) is 30.9 Å². The van der Waals surface area contributed by atoms with Gasteiger partial charge in [-0.25, -0.2) is 4.98 Å². The Morgan fingerprint density at radius 1 is 1.29 bits per heavy atom. The summed E-state index contributed by atoms with van der Waals surface area (Å²) in [6.07, 6.45) is 6.91. The van der Waals surface area contributed by atoms with Gasteiger partial charge in [-0.05, 0) is 17.7 Å². The number of nitrogens with one attached hydrogen (secondary N) is 1. The van der Waals surface area contributed by atoms with Crippen LogP contribution < -0.4 is 5.32 Å². The lowest BCUT2D eigenvalue weighted by Gasteiger charge is -2.06. The van der Waals surface area contributed by atoms with Gasteiger partial charge in [0.2, 0.25) is 0 Å². The van der Waals surface area contributed by atoms with E-state index in [4.69, 9.17) is 4.52 Å². The summed E-state index contributed by atoms with van der Waals surface area (Å²) >= 11 is 0. The maximum atomic E-state index is 12.1. The van der Waals surface area contributed by atoms with Crippen molar-refractivity contribution in [3.05, 3.63) is 72.1 Å². The molecule has 0 radical (unpaired) electrons. The molecule has 0 aliphatic carbocycles. The standard InChI is InChI=1S/C15H14N4O2/c20-15(17-9-14-4-5-18-21-14)13-3-1-2-12(8-13)10-19-7-6-16-11-19/h1-8,11H,9-10H2,(H,17,20). The third-order valence-corrected chi connectivity index (χ3v) is 3.03. The molecule has 0 spiro atoms. The van der Waals surface area contributed by atoms with Gasteiger partial charge in [0.15, 0.2) is 5.76 Å². The third kappa shape index (κ3) is 3.36. The zero-order valence-electron chi connectivity index (χ0n) is 11.3. The molecule has 3 rings (SSSR count). The van der Waals surface area contributed by atoms with E-state index in [9.17, 15) is 4.79 Å². The van der Waals surface area contributed by atoms with Gasteiger partial charge >= 0.3 is 0 Å². The van der Waals surface area contributed by atoms with Crippen molar-refractivity contribution in [1.29, 1.82) is 0 Å². The van der Waals surface area contributed by atoms with Crippen LogP contribution in [0.5, 0.6) is 0 Å². The van der Waals surface area contributed by atoms with Crippen LogP contribution in [0.4, 0.5) is 0 Å². The van der Waals surface area contributed by atoms with Crippen LogP contribution in [0.15, 0.2) is 59.8 Å². The third-order valence-electron chi connectivity index (χ3n) is 3.03. The van der Waals surface area contributed by atoms with Gasteiger partial charge in [-0.1, -0.05) is 17.3 Å². The van der Waals surface area contributed by atoms with E-state index in [0.717, 1.165) is 5.56 Å². The number of rotatable bonds is 5. The normalized spacial score (nSPS) is 10.5. The fraction of sp³-hybridized carbons (Fsp3) is 0.133. The minimum Gasteiger partial charge on any atom is -0.360 e. The molecule has 0 aliphatic heterocycles. The molecule has 2 aromatic heterocycles. The van der Waals surface area contributed by atoms with Crippen LogP contribution in [0.3, 0.4) is 0 Å². The van der Waals surface area contributed by atoms with E-state index in [0.29, 0.717) is 24.4 Å². The van der Waals surface area contributed by atoms with Gasteiger partial charge in [0.05, 0.1) is 19.1 Å². The zero-order chi connectivity index (χ0) is 14.5. The van der Waals surface area contributed by atoms with Crippen LogP contribution in [0.25, 0.3) is 0 Å². The maximum absolute atomic E-state index is 12.1. The minimum absolute atomic E-state index is 0.140. The van der Waals surface area contributed by atoms with E-state index < -0.39 is 0 Å². The summed E-state index contributed by atoms with van der Waals surface area (Å²) in [4.78, 5) is 16.1. The second-order valence-corrected chi connectivity index (χ2v) is 4.60. The Hall–Kier alpha value is -2.89. The lowest BCUT2D eigenvalue weighted by Crippen LogP contribution is -2.22. The number of imidazole rings is 1. The average Bonchev–Trinajstić information content (AvgIpc) is 3.18. The van der Waals surface area contributed by atoms with Gasteiger partial charge in [-0.3, -0.25) is 4.79 Å². The molecule has 0 aliphatic rings. The highest BCUT2D eigenvalue weighted by Crippen LogP contribution is 2.08. The van der Waals surface area contributed by atoms with E-state index in [2.05, 4.69) is 15.5 Å². The first kappa shape index (κ1) is 13.1. The molecule has 2 heterocycles. The Bertz CT molecular complexity index is 705. The molecule has 3 aromatic rings. The number of nitrogens with zero attached hydrogens (tertiary/aromatic N) is 3. The summed E-state index contributed by atoms with van der Waals surface area (Å²) in [5, 5.41) is 6.39. The van der Waals surface area contributed by atoms with Crippen molar-refractivity contribution in [2.45, 2.75) is 13.1 Å². The molecule has 21 heavy (non-hydrogen) atoms. The van der Waals surface area contributed by atoms with Crippen LogP contribution >= 0.6 is 0 Å². The molecule has 1 amide bonds. The van der Waals surface area contributed by atoms with Crippen molar-refractivity contribution in [3.63, 3.8) is 0 Å². The Labute approximate surface area is 121 Å². The zero-order valence-corrected chi connectivity index (χ0v) is 11.3. The van der Waals surface area contributed by atoms with Crippen molar-refractivity contribution in [2.75, 3.05) is 0 Å². The lowest BCUT2D eigenvalue weighted by atomic mass is 10.1. The quantitative estimate of drug-likeness (QED) is 0.775. The molecular formula is C15H14N4O2. The van der Waals surface area contributed by atoms with Crippen molar-refractivity contribution >= 4 is 5.91 Å². The lowest BCUT2D eigenvalue weighted by molar-refractivity contribution is 0.0947. The summed E-state index contributed by atoms with van der Waals surface area (Å²) in [6.45, 7) is 1.01. The summed E-state index contributed by atoms with van der Waals surface area (Å²) < 4.78 is 6.89. The van der Waals surface area contributed by atoms with Gasteiger partial charge < -0.3 is 14.4 Å². The minimum atomic E-state index is -0.140. The van der Waals surface area contributed by atoms with Gasteiger partial charge in [0.25, 0.3) is 5.91 Å². The second-order valence-electron chi connectivity index (χ2n) is 4.60. The first-order valence-electron chi connectivity index (χ1n) is 6.54. The molecular weight excluding hydrogens is 268 g/mol. The molecule has 1 aromatic carbocycles. The van der Waals surface area contributed by atoms with Gasteiger partial charge in [0, 0.05) is 30.6 Å². The molecule has 106 valence electrons. The maximum Gasteiger partial charge on any atom is 0.251 e. The smallest absolute Gasteiger partial charge is 0.251 e.